The summed E-state index contributed by atoms with van der Waals surface area (Å²) >= 11 is 0. The number of anilines is 1. The number of carbonyl (C=O) groups excluding carboxylic acids is 3. The molecular weight excluding hydrogens is 390 g/mol. The summed E-state index contributed by atoms with van der Waals surface area (Å²) in [5.74, 6) is -0.0330. The van der Waals surface area contributed by atoms with Crippen LogP contribution in [-0.4, -0.2) is 29.3 Å². The SMILES string of the molecule is CC[C@H](C)c1ccc(NC(=O)CN2C(=O)N[C@](C)(c3ccc(C(C)C)cc3)C2=O)cc1. The third kappa shape index (κ3) is 4.63. The van der Waals surface area contributed by atoms with E-state index in [9.17, 15) is 14.4 Å². The Hall–Kier alpha value is -3.15. The van der Waals surface area contributed by atoms with Crippen molar-refractivity contribution in [1.29, 1.82) is 0 Å². The van der Waals surface area contributed by atoms with Gasteiger partial charge >= 0.3 is 6.03 Å². The van der Waals surface area contributed by atoms with Crippen LogP contribution in [0.2, 0.25) is 0 Å². The van der Waals surface area contributed by atoms with Crippen molar-refractivity contribution < 1.29 is 14.4 Å². The smallest absolute Gasteiger partial charge is 0.325 e. The van der Waals surface area contributed by atoms with Gasteiger partial charge in [-0.3, -0.25) is 14.5 Å². The summed E-state index contributed by atoms with van der Waals surface area (Å²) in [5, 5.41) is 5.52. The molecule has 1 saturated heterocycles. The van der Waals surface area contributed by atoms with Gasteiger partial charge in [-0.05, 0) is 54.0 Å². The first-order chi connectivity index (χ1) is 14.7. The minimum absolute atomic E-state index is 0.336. The summed E-state index contributed by atoms with van der Waals surface area (Å²) in [6, 6.07) is 14.7. The van der Waals surface area contributed by atoms with Gasteiger partial charge in [0.25, 0.3) is 5.91 Å². The van der Waals surface area contributed by atoms with Gasteiger partial charge < -0.3 is 10.6 Å². The molecule has 0 aromatic heterocycles. The highest BCUT2D eigenvalue weighted by atomic mass is 16.2. The van der Waals surface area contributed by atoms with Crippen LogP contribution in [0.4, 0.5) is 10.5 Å². The van der Waals surface area contributed by atoms with Crippen molar-refractivity contribution in [1.82, 2.24) is 10.2 Å². The lowest BCUT2D eigenvalue weighted by molar-refractivity contribution is -0.133. The number of nitrogens with zero attached hydrogens (tertiary/aromatic N) is 1. The predicted octanol–water partition coefficient (Wildman–Crippen LogP) is 4.73. The molecule has 2 N–H and O–H groups in total. The standard InChI is InChI=1S/C25H31N3O3/c1-6-17(4)19-9-13-21(14-10-19)26-22(29)15-28-23(30)25(5,27-24(28)31)20-11-7-18(8-12-20)16(2)3/h7-14,16-17H,6,15H2,1-5H3,(H,26,29)(H,27,31)/t17-,25+/m0/s1. The minimum Gasteiger partial charge on any atom is -0.325 e. The van der Waals surface area contributed by atoms with Crippen LogP contribution in [0.3, 0.4) is 0 Å². The molecule has 2 aromatic carbocycles. The van der Waals surface area contributed by atoms with Gasteiger partial charge in [0.15, 0.2) is 0 Å². The van der Waals surface area contributed by atoms with Gasteiger partial charge in [-0.2, -0.15) is 0 Å². The Balaban J connectivity index is 1.68. The first-order valence-corrected chi connectivity index (χ1v) is 10.8. The Bertz CT molecular complexity index is 967. The zero-order valence-corrected chi connectivity index (χ0v) is 18.9. The molecule has 31 heavy (non-hydrogen) atoms. The average Bonchev–Trinajstić information content (AvgIpc) is 2.97. The molecule has 0 saturated carbocycles. The molecule has 2 atom stereocenters. The maximum atomic E-state index is 13.1. The largest absolute Gasteiger partial charge is 0.325 e. The topological polar surface area (TPSA) is 78.5 Å². The number of hydrogen-bond acceptors (Lipinski definition) is 3. The van der Waals surface area contributed by atoms with Crippen molar-refractivity contribution in [3.05, 3.63) is 65.2 Å². The maximum absolute atomic E-state index is 13.1. The molecule has 1 aliphatic heterocycles. The monoisotopic (exact) mass is 421 g/mol. The summed E-state index contributed by atoms with van der Waals surface area (Å²) in [4.78, 5) is 39.1. The summed E-state index contributed by atoms with van der Waals surface area (Å²) < 4.78 is 0. The van der Waals surface area contributed by atoms with E-state index in [1.54, 1.807) is 6.92 Å². The fraction of sp³-hybridized carbons (Fsp3) is 0.400. The number of imide groups is 1. The molecule has 1 fully saturated rings. The quantitative estimate of drug-likeness (QED) is 0.635. The Morgan fingerprint density at radius 3 is 2.13 bits per heavy atom. The second-order valence-corrected chi connectivity index (χ2v) is 8.70. The Morgan fingerprint density at radius 2 is 1.58 bits per heavy atom. The van der Waals surface area contributed by atoms with Gasteiger partial charge in [0.05, 0.1) is 0 Å². The van der Waals surface area contributed by atoms with Gasteiger partial charge in [0, 0.05) is 5.69 Å². The summed E-state index contributed by atoms with van der Waals surface area (Å²) in [5.41, 5.74) is 2.49. The second-order valence-electron chi connectivity index (χ2n) is 8.70. The fourth-order valence-corrected chi connectivity index (χ4v) is 3.71. The number of amides is 4. The van der Waals surface area contributed by atoms with Crippen molar-refractivity contribution in [2.45, 2.75) is 58.4 Å². The predicted molar refractivity (Wildman–Crippen MR) is 122 cm³/mol. The van der Waals surface area contributed by atoms with Crippen molar-refractivity contribution >= 4 is 23.5 Å². The molecule has 0 spiro atoms. The number of urea groups is 1. The van der Waals surface area contributed by atoms with Crippen molar-refractivity contribution in [3.63, 3.8) is 0 Å². The number of rotatable bonds is 7. The lowest BCUT2D eigenvalue weighted by Gasteiger charge is -2.22. The maximum Gasteiger partial charge on any atom is 0.325 e. The molecule has 3 rings (SSSR count). The molecule has 1 heterocycles. The lowest BCUT2D eigenvalue weighted by Crippen LogP contribution is -2.42. The molecule has 6 nitrogen and oxygen atoms in total. The van der Waals surface area contributed by atoms with Crippen LogP contribution in [0.1, 0.15) is 69.6 Å². The van der Waals surface area contributed by atoms with Crippen molar-refractivity contribution in [3.8, 4) is 0 Å². The van der Waals surface area contributed by atoms with Crippen LogP contribution in [0.25, 0.3) is 0 Å². The van der Waals surface area contributed by atoms with Crippen molar-refractivity contribution in [2.24, 2.45) is 0 Å². The van der Waals surface area contributed by atoms with E-state index in [1.807, 2.05) is 48.5 Å². The number of benzene rings is 2. The minimum atomic E-state index is -1.19. The van der Waals surface area contributed by atoms with Gasteiger partial charge in [-0.1, -0.05) is 64.1 Å². The van der Waals surface area contributed by atoms with Crippen LogP contribution in [0.5, 0.6) is 0 Å². The van der Waals surface area contributed by atoms with Gasteiger partial charge in [-0.25, -0.2) is 4.79 Å². The lowest BCUT2D eigenvalue weighted by atomic mass is 9.90. The highest BCUT2D eigenvalue weighted by Crippen LogP contribution is 2.30. The molecule has 0 aliphatic carbocycles. The average molecular weight is 422 g/mol. The van der Waals surface area contributed by atoms with Gasteiger partial charge in [0.2, 0.25) is 5.91 Å². The molecule has 0 unspecified atom stereocenters. The number of carbonyl (C=O) groups is 3. The molecule has 4 amide bonds. The van der Waals surface area contributed by atoms with Crippen molar-refractivity contribution in [2.75, 3.05) is 11.9 Å². The zero-order chi connectivity index (χ0) is 22.8. The van der Waals surface area contributed by atoms with Crippen LogP contribution in [0.15, 0.2) is 48.5 Å². The molecule has 1 aliphatic rings. The van der Waals surface area contributed by atoms with Crippen LogP contribution < -0.4 is 10.6 Å². The normalized spacial score (nSPS) is 19.5. The Kier molecular flexibility index (Phi) is 6.48. The first-order valence-electron chi connectivity index (χ1n) is 10.8. The van der Waals surface area contributed by atoms with Crippen LogP contribution in [0, 0.1) is 0 Å². The van der Waals surface area contributed by atoms with E-state index < -0.39 is 23.4 Å². The Labute approximate surface area is 184 Å². The fourth-order valence-electron chi connectivity index (χ4n) is 3.71. The van der Waals surface area contributed by atoms with Crippen LogP contribution >= 0.6 is 0 Å². The van der Waals surface area contributed by atoms with Gasteiger partial charge in [-0.15, -0.1) is 0 Å². The molecule has 0 bridgehead atoms. The summed E-state index contributed by atoms with van der Waals surface area (Å²) in [6.45, 7) is 9.80. The molecule has 2 aromatic rings. The highest BCUT2D eigenvalue weighted by molar-refractivity contribution is 6.10. The number of hydrogen-bond donors (Lipinski definition) is 2. The third-order valence-electron chi connectivity index (χ3n) is 6.11. The molecule has 6 heteroatoms. The highest BCUT2D eigenvalue weighted by Gasteiger charge is 2.49. The summed E-state index contributed by atoms with van der Waals surface area (Å²) in [7, 11) is 0. The Morgan fingerprint density at radius 1 is 1.00 bits per heavy atom. The van der Waals surface area contributed by atoms with Gasteiger partial charge in [0.1, 0.15) is 12.1 Å². The second kappa shape index (κ2) is 8.92. The van der Waals surface area contributed by atoms with E-state index >= 15 is 0 Å². The van der Waals surface area contributed by atoms with E-state index in [2.05, 4.69) is 38.3 Å². The number of nitrogens with one attached hydrogen (secondary N) is 2. The first kappa shape index (κ1) is 22.5. The van der Waals surface area contributed by atoms with Crippen LogP contribution in [-0.2, 0) is 15.1 Å². The van der Waals surface area contributed by atoms with E-state index in [0.717, 1.165) is 16.9 Å². The van der Waals surface area contributed by atoms with E-state index in [4.69, 9.17) is 0 Å². The third-order valence-corrected chi connectivity index (χ3v) is 6.11. The molecule has 0 radical (unpaired) electrons. The summed E-state index contributed by atoms with van der Waals surface area (Å²) in [6.07, 6.45) is 1.04. The van der Waals surface area contributed by atoms with E-state index in [1.165, 1.54) is 5.56 Å². The molecule has 164 valence electrons. The van der Waals surface area contributed by atoms with E-state index in [0.29, 0.717) is 23.1 Å². The molecular formula is C25H31N3O3. The van der Waals surface area contributed by atoms with E-state index in [-0.39, 0.29) is 6.54 Å². The zero-order valence-electron chi connectivity index (χ0n) is 18.9.